The number of nitrogens with one attached hydrogen (secondary N) is 1. The summed E-state index contributed by atoms with van der Waals surface area (Å²) in [5.41, 5.74) is 1.92. The fourth-order valence-corrected chi connectivity index (χ4v) is 2.11. The number of aryl methyl sites for hydroxylation is 2. The topological polar surface area (TPSA) is 47.6 Å². The van der Waals surface area contributed by atoms with E-state index in [-0.39, 0.29) is 5.97 Å². The zero-order valence-electron chi connectivity index (χ0n) is 14.5. The second-order valence-electron chi connectivity index (χ2n) is 6.51. The molecule has 0 unspecified atom stereocenters. The fraction of sp³-hybridized carbons (Fsp3) is 0.611. The van der Waals surface area contributed by atoms with Gasteiger partial charge in [-0.25, -0.2) is 0 Å². The Morgan fingerprint density at radius 1 is 1.14 bits per heavy atom. The van der Waals surface area contributed by atoms with Crippen LogP contribution in [0.15, 0.2) is 18.2 Å². The molecular formula is C18H29NO3. The largest absolute Gasteiger partial charge is 0.493 e. The summed E-state index contributed by atoms with van der Waals surface area (Å²) in [5, 5.41) is 3.24. The number of carbonyl (C=O) groups excluding carboxylic acids is 1. The van der Waals surface area contributed by atoms with E-state index in [0.29, 0.717) is 19.6 Å². The van der Waals surface area contributed by atoms with Crippen molar-refractivity contribution in [1.29, 1.82) is 0 Å². The standard InChI is InChI=1S/C18H29NO3/c1-14-8-6-9-15(2)17(14)21-13-7-11-19-12-10-16(20)22-18(3,4)5/h6,8-9,19H,7,10-13H2,1-5H3. The SMILES string of the molecule is Cc1cccc(C)c1OCCCNCCC(=O)OC(C)(C)C. The normalized spacial score (nSPS) is 11.3. The predicted molar refractivity (Wildman–Crippen MR) is 89.4 cm³/mol. The summed E-state index contributed by atoms with van der Waals surface area (Å²) >= 11 is 0. The van der Waals surface area contributed by atoms with Gasteiger partial charge in [0.2, 0.25) is 0 Å². The molecule has 0 atom stereocenters. The Bertz CT molecular complexity index is 457. The first-order valence-corrected chi connectivity index (χ1v) is 7.91. The first kappa shape index (κ1) is 18.5. The number of esters is 1. The minimum atomic E-state index is -0.406. The minimum absolute atomic E-state index is 0.160. The monoisotopic (exact) mass is 307 g/mol. The third kappa shape index (κ3) is 7.46. The lowest BCUT2D eigenvalue weighted by atomic mass is 10.1. The van der Waals surface area contributed by atoms with Gasteiger partial charge < -0.3 is 14.8 Å². The maximum atomic E-state index is 11.5. The number of para-hydroxylation sites is 1. The van der Waals surface area contributed by atoms with Crippen LogP contribution in [-0.2, 0) is 9.53 Å². The molecule has 0 saturated heterocycles. The Morgan fingerprint density at radius 3 is 2.36 bits per heavy atom. The molecule has 1 N–H and O–H groups in total. The molecule has 0 aliphatic heterocycles. The summed E-state index contributed by atoms with van der Waals surface area (Å²) < 4.78 is 11.1. The van der Waals surface area contributed by atoms with Crippen molar-refractivity contribution in [2.45, 2.75) is 53.1 Å². The molecule has 0 radical (unpaired) electrons. The highest BCUT2D eigenvalue weighted by Gasteiger charge is 2.15. The molecule has 0 saturated carbocycles. The van der Waals surface area contributed by atoms with Crippen molar-refractivity contribution in [3.8, 4) is 5.75 Å². The van der Waals surface area contributed by atoms with Crippen LogP contribution in [0, 0.1) is 13.8 Å². The summed E-state index contributed by atoms with van der Waals surface area (Å²) in [5.74, 6) is 0.822. The van der Waals surface area contributed by atoms with Gasteiger partial charge in [0.1, 0.15) is 11.4 Å². The van der Waals surface area contributed by atoms with Gasteiger partial charge in [-0.05, 0) is 58.7 Å². The lowest BCUT2D eigenvalue weighted by molar-refractivity contribution is -0.154. The van der Waals surface area contributed by atoms with E-state index in [1.54, 1.807) is 0 Å². The van der Waals surface area contributed by atoms with E-state index < -0.39 is 5.60 Å². The zero-order chi connectivity index (χ0) is 16.6. The average molecular weight is 307 g/mol. The predicted octanol–water partition coefficient (Wildman–Crippen LogP) is 3.39. The van der Waals surface area contributed by atoms with Crippen molar-refractivity contribution < 1.29 is 14.3 Å². The molecule has 22 heavy (non-hydrogen) atoms. The minimum Gasteiger partial charge on any atom is -0.493 e. The maximum absolute atomic E-state index is 11.5. The molecule has 1 aromatic carbocycles. The number of benzene rings is 1. The highest BCUT2D eigenvalue weighted by molar-refractivity contribution is 5.70. The van der Waals surface area contributed by atoms with E-state index in [1.165, 1.54) is 0 Å². The molecule has 0 fully saturated rings. The van der Waals surface area contributed by atoms with Gasteiger partial charge in [-0.2, -0.15) is 0 Å². The lowest BCUT2D eigenvalue weighted by Gasteiger charge is -2.19. The third-order valence-corrected chi connectivity index (χ3v) is 3.08. The quantitative estimate of drug-likeness (QED) is 0.591. The molecule has 0 amide bonds. The van der Waals surface area contributed by atoms with Crippen LogP contribution in [0.5, 0.6) is 5.75 Å². The second-order valence-corrected chi connectivity index (χ2v) is 6.51. The first-order chi connectivity index (χ1) is 10.3. The van der Waals surface area contributed by atoms with E-state index in [9.17, 15) is 4.79 Å². The molecule has 4 heteroatoms. The fourth-order valence-electron chi connectivity index (χ4n) is 2.11. The molecule has 0 aliphatic carbocycles. The first-order valence-electron chi connectivity index (χ1n) is 7.91. The average Bonchev–Trinajstić information content (AvgIpc) is 2.38. The Hall–Kier alpha value is -1.55. The van der Waals surface area contributed by atoms with Gasteiger partial charge in [-0.3, -0.25) is 4.79 Å². The van der Waals surface area contributed by atoms with Gasteiger partial charge in [0.25, 0.3) is 0 Å². The van der Waals surface area contributed by atoms with Crippen LogP contribution in [-0.4, -0.2) is 31.3 Å². The van der Waals surface area contributed by atoms with E-state index in [0.717, 1.165) is 29.8 Å². The highest BCUT2D eigenvalue weighted by atomic mass is 16.6. The Labute approximate surface area is 134 Å². The van der Waals surface area contributed by atoms with E-state index in [2.05, 4.69) is 31.3 Å². The van der Waals surface area contributed by atoms with E-state index in [1.807, 2.05) is 26.8 Å². The van der Waals surface area contributed by atoms with Crippen LogP contribution in [0.4, 0.5) is 0 Å². The van der Waals surface area contributed by atoms with Crippen LogP contribution in [0.3, 0.4) is 0 Å². The molecule has 4 nitrogen and oxygen atoms in total. The van der Waals surface area contributed by atoms with Crippen molar-refractivity contribution in [2.24, 2.45) is 0 Å². The molecule has 1 aromatic rings. The van der Waals surface area contributed by atoms with Crippen molar-refractivity contribution in [1.82, 2.24) is 5.32 Å². The van der Waals surface area contributed by atoms with E-state index in [4.69, 9.17) is 9.47 Å². The molecule has 0 spiro atoms. The maximum Gasteiger partial charge on any atom is 0.307 e. The number of hydrogen-bond donors (Lipinski definition) is 1. The summed E-state index contributed by atoms with van der Waals surface area (Å²) in [6.07, 6.45) is 1.30. The number of ether oxygens (including phenoxy) is 2. The van der Waals surface area contributed by atoms with Crippen LogP contribution in [0.1, 0.15) is 44.7 Å². The molecule has 124 valence electrons. The van der Waals surface area contributed by atoms with Crippen LogP contribution in [0.25, 0.3) is 0 Å². The van der Waals surface area contributed by atoms with Gasteiger partial charge in [-0.1, -0.05) is 18.2 Å². The molecule has 0 aromatic heterocycles. The smallest absolute Gasteiger partial charge is 0.307 e. The van der Waals surface area contributed by atoms with Crippen LogP contribution < -0.4 is 10.1 Å². The van der Waals surface area contributed by atoms with Crippen molar-refractivity contribution in [3.05, 3.63) is 29.3 Å². The number of rotatable bonds is 8. The van der Waals surface area contributed by atoms with Gasteiger partial charge in [0.15, 0.2) is 0 Å². The Balaban J connectivity index is 2.10. The van der Waals surface area contributed by atoms with E-state index >= 15 is 0 Å². The summed E-state index contributed by atoms with van der Waals surface area (Å²) in [4.78, 5) is 11.5. The van der Waals surface area contributed by atoms with Gasteiger partial charge in [0.05, 0.1) is 13.0 Å². The van der Waals surface area contributed by atoms with Crippen LogP contribution >= 0.6 is 0 Å². The Morgan fingerprint density at radius 2 is 1.77 bits per heavy atom. The third-order valence-electron chi connectivity index (χ3n) is 3.08. The molecule has 0 heterocycles. The van der Waals surface area contributed by atoms with Crippen molar-refractivity contribution >= 4 is 5.97 Å². The van der Waals surface area contributed by atoms with Gasteiger partial charge >= 0.3 is 5.97 Å². The number of hydrogen-bond acceptors (Lipinski definition) is 4. The Kier molecular flexibility index (Phi) is 7.39. The zero-order valence-corrected chi connectivity index (χ0v) is 14.5. The second kappa shape index (κ2) is 8.79. The van der Waals surface area contributed by atoms with Gasteiger partial charge in [0, 0.05) is 6.54 Å². The molecule has 0 aliphatic rings. The summed E-state index contributed by atoms with van der Waals surface area (Å²) in [7, 11) is 0. The van der Waals surface area contributed by atoms with Gasteiger partial charge in [-0.15, -0.1) is 0 Å². The van der Waals surface area contributed by atoms with Crippen molar-refractivity contribution in [3.63, 3.8) is 0 Å². The molecule has 0 bridgehead atoms. The highest BCUT2D eigenvalue weighted by Crippen LogP contribution is 2.22. The molecule has 1 rings (SSSR count). The van der Waals surface area contributed by atoms with Crippen molar-refractivity contribution in [2.75, 3.05) is 19.7 Å². The molecular weight excluding hydrogens is 278 g/mol. The lowest BCUT2D eigenvalue weighted by Crippen LogP contribution is -2.27. The van der Waals surface area contributed by atoms with Crippen LogP contribution in [0.2, 0.25) is 0 Å². The summed E-state index contributed by atoms with van der Waals surface area (Å²) in [6.45, 7) is 11.9. The number of carbonyl (C=O) groups is 1. The summed E-state index contributed by atoms with van der Waals surface area (Å²) in [6, 6.07) is 6.15.